The van der Waals surface area contributed by atoms with Gasteiger partial charge in [0, 0.05) is 25.6 Å². The van der Waals surface area contributed by atoms with Crippen LogP contribution in [0.4, 0.5) is 0 Å². The minimum Gasteiger partial charge on any atom is -0.378 e. The monoisotopic (exact) mass is 254 g/mol. The highest BCUT2D eigenvalue weighted by Crippen LogP contribution is 2.28. The maximum atomic E-state index is 11.7. The molecule has 2 aliphatic rings. The molecular weight excluding hydrogens is 228 g/mol. The van der Waals surface area contributed by atoms with E-state index in [2.05, 4.69) is 10.6 Å². The van der Waals surface area contributed by atoms with E-state index in [-0.39, 0.29) is 11.9 Å². The molecule has 1 unspecified atom stereocenters. The number of hydrogen-bond donors (Lipinski definition) is 2. The van der Waals surface area contributed by atoms with Crippen molar-refractivity contribution in [2.45, 2.75) is 51.0 Å². The summed E-state index contributed by atoms with van der Waals surface area (Å²) in [6.07, 6.45) is 8.57. The maximum absolute atomic E-state index is 11.7. The van der Waals surface area contributed by atoms with Crippen LogP contribution in [0.2, 0.25) is 0 Å². The third-order valence-corrected chi connectivity index (χ3v) is 4.02. The molecule has 1 atom stereocenters. The molecule has 0 radical (unpaired) electrons. The minimum atomic E-state index is 0.157. The number of ether oxygens (including phenoxy) is 1. The summed E-state index contributed by atoms with van der Waals surface area (Å²) in [5, 5.41) is 6.32. The molecule has 4 heteroatoms. The van der Waals surface area contributed by atoms with Crippen molar-refractivity contribution in [3.8, 4) is 0 Å². The highest BCUT2D eigenvalue weighted by atomic mass is 16.5. The highest BCUT2D eigenvalue weighted by molar-refractivity contribution is 5.76. The number of morpholine rings is 1. The van der Waals surface area contributed by atoms with Gasteiger partial charge in [0.2, 0.25) is 5.91 Å². The molecule has 2 rings (SSSR count). The minimum absolute atomic E-state index is 0.157. The lowest BCUT2D eigenvalue weighted by atomic mass is 10.0. The fourth-order valence-corrected chi connectivity index (χ4v) is 2.96. The fraction of sp³-hybridized carbons (Fsp3) is 0.929. The van der Waals surface area contributed by atoms with Crippen molar-refractivity contribution in [1.82, 2.24) is 10.6 Å². The Morgan fingerprint density at radius 3 is 2.89 bits per heavy atom. The Bertz CT molecular complexity index is 246. The average molecular weight is 254 g/mol. The van der Waals surface area contributed by atoms with E-state index in [1.165, 1.54) is 32.1 Å². The van der Waals surface area contributed by atoms with Crippen LogP contribution in [0.1, 0.15) is 44.9 Å². The molecule has 1 saturated heterocycles. The molecule has 1 aliphatic carbocycles. The molecule has 0 aromatic rings. The summed E-state index contributed by atoms with van der Waals surface area (Å²) in [5.41, 5.74) is 0. The maximum Gasteiger partial charge on any atom is 0.221 e. The van der Waals surface area contributed by atoms with Crippen LogP contribution in [-0.2, 0) is 9.53 Å². The van der Waals surface area contributed by atoms with Gasteiger partial charge < -0.3 is 15.4 Å². The molecule has 0 spiro atoms. The molecule has 0 aromatic carbocycles. The van der Waals surface area contributed by atoms with Gasteiger partial charge in [-0.3, -0.25) is 4.79 Å². The summed E-state index contributed by atoms with van der Waals surface area (Å²) in [7, 11) is 0. The Kier molecular flexibility index (Phi) is 5.94. The van der Waals surface area contributed by atoms with Crippen LogP contribution in [-0.4, -0.2) is 38.3 Å². The van der Waals surface area contributed by atoms with Gasteiger partial charge in [0.1, 0.15) is 0 Å². The van der Waals surface area contributed by atoms with Crippen LogP contribution in [0.25, 0.3) is 0 Å². The highest BCUT2D eigenvalue weighted by Gasteiger charge is 2.17. The third-order valence-electron chi connectivity index (χ3n) is 4.02. The molecule has 1 saturated carbocycles. The van der Waals surface area contributed by atoms with E-state index < -0.39 is 0 Å². The summed E-state index contributed by atoms with van der Waals surface area (Å²) < 4.78 is 5.33. The molecule has 18 heavy (non-hydrogen) atoms. The van der Waals surface area contributed by atoms with Crippen molar-refractivity contribution in [3.63, 3.8) is 0 Å². The van der Waals surface area contributed by atoms with Gasteiger partial charge in [-0.1, -0.05) is 25.7 Å². The van der Waals surface area contributed by atoms with Crippen LogP contribution in [0.5, 0.6) is 0 Å². The molecule has 2 fully saturated rings. The number of rotatable bonds is 6. The predicted molar refractivity (Wildman–Crippen MR) is 71.4 cm³/mol. The van der Waals surface area contributed by atoms with Gasteiger partial charge >= 0.3 is 0 Å². The second-order valence-electron chi connectivity index (χ2n) is 5.57. The second-order valence-corrected chi connectivity index (χ2v) is 5.57. The van der Waals surface area contributed by atoms with E-state index in [9.17, 15) is 4.79 Å². The van der Waals surface area contributed by atoms with E-state index in [1.54, 1.807) is 0 Å². The molecule has 1 heterocycles. The molecule has 2 N–H and O–H groups in total. The van der Waals surface area contributed by atoms with Gasteiger partial charge in [-0.2, -0.15) is 0 Å². The second kappa shape index (κ2) is 7.74. The Hall–Kier alpha value is -0.610. The van der Waals surface area contributed by atoms with Crippen molar-refractivity contribution in [2.75, 3.05) is 26.3 Å². The first-order valence-corrected chi connectivity index (χ1v) is 7.42. The fourth-order valence-electron chi connectivity index (χ4n) is 2.96. The van der Waals surface area contributed by atoms with Gasteiger partial charge in [-0.05, 0) is 18.8 Å². The van der Waals surface area contributed by atoms with E-state index in [0.717, 1.165) is 32.0 Å². The van der Waals surface area contributed by atoms with Crippen LogP contribution in [0, 0.1) is 5.92 Å². The predicted octanol–water partition coefficient (Wildman–Crippen LogP) is 1.45. The lowest BCUT2D eigenvalue weighted by Crippen LogP contribution is -2.44. The SMILES string of the molecule is O=C(CC1COCCN1)NCCCC1CCCC1. The standard InChI is InChI=1S/C14H26N2O2/c17-14(10-13-11-18-9-8-15-13)16-7-3-6-12-4-1-2-5-12/h12-13,15H,1-11H2,(H,16,17). The molecule has 0 bridgehead atoms. The van der Waals surface area contributed by atoms with E-state index in [0.29, 0.717) is 13.0 Å². The summed E-state index contributed by atoms with van der Waals surface area (Å²) in [6, 6.07) is 0.202. The summed E-state index contributed by atoms with van der Waals surface area (Å²) >= 11 is 0. The van der Waals surface area contributed by atoms with Gasteiger partial charge in [0.15, 0.2) is 0 Å². The number of amides is 1. The largest absolute Gasteiger partial charge is 0.378 e. The molecule has 1 aliphatic heterocycles. The topological polar surface area (TPSA) is 50.4 Å². The molecule has 104 valence electrons. The van der Waals surface area contributed by atoms with Crippen molar-refractivity contribution >= 4 is 5.91 Å². The first-order valence-electron chi connectivity index (χ1n) is 7.42. The summed E-state index contributed by atoms with van der Waals surface area (Å²) in [4.78, 5) is 11.7. The average Bonchev–Trinajstić information content (AvgIpc) is 2.89. The summed E-state index contributed by atoms with van der Waals surface area (Å²) in [5.74, 6) is 1.08. The number of carbonyl (C=O) groups excluding carboxylic acids is 1. The number of nitrogens with one attached hydrogen (secondary N) is 2. The third kappa shape index (κ3) is 4.94. The number of carbonyl (C=O) groups is 1. The Balaban J connectivity index is 1.48. The van der Waals surface area contributed by atoms with Crippen molar-refractivity contribution < 1.29 is 9.53 Å². The van der Waals surface area contributed by atoms with E-state index in [1.807, 2.05) is 0 Å². The van der Waals surface area contributed by atoms with E-state index >= 15 is 0 Å². The van der Waals surface area contributed by atoms with Crippen LogP contribution >= 0.6 is 0 Å². The Labute approximate surface area is 110 Å². The lowest BCUT2D eigenvalue weighted by Gasteiger charge is -2.23. The smallest absolute Gasteiger partial charge is 0.221 e. The van der Waals surface area contributed by atoms with Crippen LogP contribution in [0.15, 0.2) is 0 Å². The lowest BCUT2D eigenvalue weighted by molar-refractivity contribution is -0.122. The van der Waals surface area contributed by atoms with Crippen molar-refractivity contribution in [1.29, 1.82) is 0 Å². The first-order chi connectivity index (χ1) is 8.84. The Morgan fingerprint density at radius 1 is 1.33 bits per heavy atom. The molecule has 1 amide bonds. The van der Waals surface area contributed by atoms with Crippen molar-refractivity contribution in [2.24, 2.45) is 5.92 Å². The van der Waals surface area contributed by atoms with Gasteiger partial charge in [-0.25, -0.2) is 0 Å². The normalized spacial score (nSPS) is 25.2. The molecular formula is C14H26N2O2. The zero-order valence-electron chi connectivity index (χ0n) is 11.2. The van der Waals surface area contributed by atoms with Crippen LogP contribution < -0.4 is 10.6 Å². The quantitative estimate of drug-likeness (QED) is 0.705. The zero-order chi connectivity index (χ0) is 12.6. The number of hydrogen-bond acceptors (Lipinski definition) is 3. The zero-order valence-corrected chi connectivity index (χ0v) is 11.2. The first kappa shape index (κ1) is 13.8. The summed E-state index contributed by atoms with van der Waals surface area (Å²) in [6.45, 7) is 3.12. The molecule has 0 aromatic heterocycles. The van der Waals surface area contributed by atoms with Crippen LogP contribution in [0.3, 0.4) is 0 Å². The van der Waals surface area contributed by atoms with E-state index in [4.69, 9.17) is 4.74 Å². The van der Waals surface area contributed by atoms with Gasteiger partial charge in [-0.15, -0.1) is 0 Å². The van der Waals surface area contributed by atoms with Crippen molar-refractivity contribution in [3.05, 3.63) is 0 Å². The Morgan fingerprint density at radius 2 is 2.17 bits per heavy atom. The van der Waals surface area contributed by atoms with Gasteiger partial charge in [0.05, 0.1) is 13.2 Å². The van der Waals surface area contributed by atoms with Gasteiger partial charge in [0.25, 0.3) is 0 Å². The molecule has 4 nitrogen and oxygen atoms in total.